The fourth-order valence-corrected chi connectivity index (χ4v) is 1.85. The van der Waals surface area contributed by atoms with Gasteiger partial charge in [-0.25, -0.2) is 0 Å². The molecule has 2 heteroatoms. The largest absolute Gasteiger partial charge is 0.504 e. The summed E-state index contributed by atoms with van der Waals surface area (Å²) in [4.78, 5) is 0. The van der Waals surface area contributed by atoms with Crippen molar-refractivity contribution in [1.29, 1.82) is 0 Å². The zero-order valence-corrected chi connectivity index (χ0v) is 12.3. The topological polar surface area (TPSA) is 29.5 Å². The molecule has 0 aliphatic heterocycles. The number of unbranched alkanes of at least 4 members (excludes halogenated alkanes) is 1. The second-order valence-electron chi connectivity index (χ2n) is 6.00. The van der Waals surface area contributed by atoms with Crippen LogP contribution < -0.4 is 4.74 Å². The molecule has 0 aliphatic rings. The highest BCUT2D eigenvalue weighted by Crippen LogP contribution is 2.33. The van der Waals surface area contributed by atoms with Gasteiger partial charge in [-0.15, -0.1) is 0 Å². The molecule has 0 amide bonds. The first-order chi connectivity index (χ1) is 8.34. The van der Waals surface area contributed by atoms with Crippen molar-refractivity contribution in [2.45, 2.75) is 65.4 Å². The zero-order valence-electron chi connectivity index (χ0n) is 12.3. The zero-order chi connectivity index (χ0) is 13.8. The van der Waals surface area contributed by atoms with E-state index in [9.17, 15) is 5.11 Å². The molecule has 102 valence electrons. The molecule has 0 aliphatic carbocycles. The van der Waals surface area contributed by atoms with Crippen LogP contribution >= 0.6 is 0 Å². The third-order valence-electron chi connectivity index (χ3n) is 3.12. The molecule has 1 rings (SSSR count). The molecule has 0 radical (unpaired) electrons. The van der Waals surface area contributed by atoms with Gasteiger partial charge >= 0.3 is 0 Å². The van der Waals surface area contributed by atoms with Gasteiger partial charge in [0.15, 0.2) is 11.5 Å². The molecule has 18 heavy (non-hydrogen) atoms. The molecule has 0 fully saturated rings. The summed E-state index contributed by atoms with van der Waals surface area (Å²) in [6, 6.07) is 5.71. The molecule has 1 N–H and O–H groups in total. The summed E-state index contributed by atoms with van der Waals surface area (Å²) in [6.45, 7) is 10.6. The number of benzene rings is 1. The first-order valence-electron chi connectivity index (χ1n) is 6.84. The molecule has 0 saturated carbocycles. The van der Waals surface area contributed by atoms with E-state index in [1.165, 1.54) is 6.42 Å². The standard InChI is InChI=1S/C16H26O2/c1-6-7-8-12(2)18-15-10-9-13(11-14(15)17)16(3,4)5/h9-12,17H,6-8H2,1-5H3. The van der Waals surface area contributed by atoms with Crippen molar-refractivity contribution >= 4 is 0 Å². The lowest BCUT2D eigenvalue weighted by molar-refractivity contribution is 0.199. The summed E-state index contributed by atoms with van der Waals surface area (Å²) in [5, 5.41) is 10.0. The Balaban J connectivity index is 2.74. The van der Waals surface area contributed by atoms with Gasteiger partial charge in [-0.1, -0.05) is 46.6 Å². The Morgan fingerprint density at radius 1 is 1.28 bits per heavy atom. The summed E-state index contributed by atoms with van der Waals surface area (Å²) in [7, 11) is 0. The van der Waals surface area contributed by atoms with Crippen LogP contribution in [-0.2, 0) is 5.41 Å². The Kier molecular flexibility index (Phi) is 5.06. The van der Waals surface area contributed by atoms with Crippen LogP contribution in [0.2, 0.25) is 0 Å². The Morgan fingerprint density at radius 3 is 2.44 bits per heavy atom. The SMILES string of the molecule is CCCCC(C)Oc1ccc(C(C)(C)C)cc1O. The Bertz CT molecular complexity index is 377. The number of ether oxygens (including phenoxy) is 1. The maximum atomic E-state index is 10.0. The molecule has 1 aromatic carbocycles. The van der Waals surface area contributed by atoms with Gasteiger partial charge in [0.25, 0.3) is 0 Å². The van der Waals surface area contributed by atoms with E-state index in [0.29, 0.717) is 5.75 Å². The van der Waals surface area contributed by atoms with Crippen molar-refractivity contribution in [1.82, 2.24) is 0 Å². The molecular weight excluding hydrogens is 224 g/mol. The first-order valence-corrected chi connectivity index (χ1v) is 6.84. The van der Waals surface area contributed by atoms with Crippen molar-refractivity contribution in [3.05, 3.63) is 23.8 Å². The third-order valence-corrected chi connectivity index (χ3v) is 3.12. The molecular formula is C16H26O2. The predicted octanol–water partition coefficient (Wildman–Crippen LogP) is 4.65. The van der Waals surface area contributed by atoms with Gasteiger partial charge in [-0.2, -0.15) is 0 Å². The number of hydrogen-bond acceptors (Lipinski definition) is 2. The van der Waals surface area contributed by atoms with Crippen LogP contribution in [0.25, 0.3) is 0 Å². The van der Waals surface area contributed by atoms with E-state index in [1.54, 1.807) is 0 Å². The van der Waals surface area contributed by atoms with Crippen molar-refractivity contribution in [2.75, 3.05) is 0 Å². The normalized spacial score (nSPS) is 13.4. The van der Waals surface area contributed by atoms with Crippen molar-refractivity contribution in [2.24, 2.45) is 0 Å². The molecule has 1 unspecified atom stereocenters. The molecule has 0 heterocycles. The second kappa shape index (κ2) is 6.12. The predicted molar refractivity (Wildman–Crippen MR) is 76.4 cm³/mol. The van der Waals surface area contributed by atoms with Gasteiger partial charge < -0.3 is 9.84 Å². The lowest BCUT2D eigenvalue weighted by Gasteiger charge is -2.21. The maximum absolute atomic E-state index is 10.0. The third kappa shape index (κ3) is 4.25. The first kappa shape index (κ1) is 14.9. The highest BCUT2D eigenvalue weighted by atomic mass is 16.5. The quantitative estimate of drug-likeness (QED) is 0.824. The van der Waals surface area contributed by atoms with Crippen molar-refractivity contribution in [3.8, 4) is 11.5 Å². The van der Waals surface area contributed by atoms with Crippen LogP contribution in [-0.4, -0.2) is 11.2 Å². The van der Waals surface area contributed by atoms with Crippen LogP contribution in [0.3, 0.4) is 0 Å². The minimum atomic E-state index is 0.0455. The van der Waals surface area contributed by atoms with Crippen LogP contribution in [0.4, 0.5) is 0 Å². The van der Waals surface area contributed by atoms with E-state index < -0.39 is 0 Å². The average Bonchev–Trinajstić information content (AvgIpc) is 2.27. The lowest BCUT2D eigenvalue weighted by Crippen LogP contribution is -2.13. The van der Waals surface area contributed by atoms with E-state index in [-0.39, 0.29) is 17.3 Å². The lowest BCUT2D eigenvalue weighted by atomic mass is 9.87. The van der Waals surface area contributed by atoms with Gasteiger partial charge in [0.1, 0.15) is 0 Å². The molecule has 0 bridgehead atoms. The molecule has 0 spiro atoms. The van der Waals surface area contributed by atoms with E-state index in [4.69, 9.17) is 4.74 Å². The number of aromatic hydroxyl groups is 1. The van der Waals surface area contributed by atoms with Gasteiger partial charge in [-0.05, 0) is 36.5 Å². The fraction of sp³-hybridized carbons (Fsp3) is 0.625. The van der Waals surface area contributed by atoms with Gasteiger partial charge in [0.05, 0.1) is 6.10 Å². The van der Waals surface area contributed by atoms with Gasteiger partial charge in [0.2, 0.25) is 0 Å². The fourth-order valence-electron chi connectivity index (χ4n) is 1.85. The van der Waals surface area contributed by atoms with E-state index in [2.05, 4.69) is 27.7 Å². The maximum Gasteiger partial charge on any atom is 0.161 e. The summed E-state index contributed by atoms with van der Waals surface area (Å²) in [5.74, 6) is 0.831. The summed E-state index contributed by atoms with van der Waals surface area (Å²) < 4.78 is 5.76. The highest BCUT2D eigenvalue weighted by molar-refractivity contribution is 5.43. The number of hydrogen-bond donors (Lipinski definition) is 1. The number of phenolic OH excluding ortho intramolecular Hbond substituents is 1. The van der Waals surface area contributed by atoms with Crippen molar-refractivity contribution in [3.63, 3.8) is 0 Å². The molecule has 0 saturated heterocycles. The van der Waals surface area contributed by atoms with Crippen molar-refractivity contribution < 1.29 is 9.84 Å². The highest BCUT2D eigenvalue weighted by Gasteiger charge is 2.16. The van der Waals surface area contributed by atoms with Gasteiger partial charge in [-0.3, -0.25) is 0 Å². The summed E-state index contributed by atoms with van der Waals surface area (Å²) in [6.07, 6.45) is 3.50. The van der Waals surface area contributed by atoms with Crippen LogP contribution in [0.1, 0.15) is 59.4 Å². The Hall–Kier alpha value is -1.18. The van der Waals surface area contributed by atoms with E-state index >= 15 is 0 Å². The summed E-state index contributed by atoms with van der Waals surface area (Å²) >= 11 is 0. The number of phenols is 1. The molecule has 0 aromatic heterocycles. The minimum absolute atomic E-state index is 0.0455. The molecule has 2 nitrogen and oxygen atoms in total. The second-order valence-corrected chi connectivity index (χ2v) is 6.00. The Morgan fingerprint density at radius 2 is 1.94 bits per heavy atom. The molecule has 1 aromatic rings. The van der Waals surface area contributed by atoms with Crippen LogP contribution in [0, 0.1) is 0 Å². The Labute approximate surface area is 111 Å². The van der Waals surface area contributed by atoms with Crippen LogP contribution in [0.15, 0.2) is 18.2 Å². The molecule has 1 atom stereocenters. The minimum Gasteiger partial charge on any atom is -0.504 e. The monoisotopic (exact) mass is 250 g/mol. The van der Waals surface area contributed by atoms with Crippen LogP contribution in [0.5, 0.6) is 11.5 Å². The van der Waals surface area contributed by atoms with E-state index in [0.717, 1.165) is 18.4 Å². The van der Waals surface area contributed by atoms with E-state index in [1.807, 2.05) is 25.1 Å². The summed E-state index contributed by atoms with van der Waals surface area (Å²) in [5.41, 5.74) is 1.16. The smallest absolute Gasteiger partial charge is 0.161 e. The number of rotatable bonds is 5. The van der Waals surface area contributed by atoms with Gasteiger partial charge in [0, 0.05) is 0 Å². The average molecular weight is 250 g/mol.